The summed E-state index contributed by atoms with van der Waals surface area (Å²) in [5, 5.41) is 5.11. The summed E-state index contributed by atoms with van der Waals surface area (Å²) in [6.45, 7) is 0.440. The van der Waals surface area contributed by atoms with Gasteiger partial charge < -0.3 is 20.0 Å². The van der Waals surface area contributed by atoms with Crippen LogP contribution in [0.2, 0.25) is 0 Å². The molecule has 2 rings (SSSR count). The molecule has 2 aromatic heterocycles. The molecule has 2 amide bonds. The Morgan fingerprint density at radius 2 is 1.85 bits per heavy atom. The maximum Gasteiger partial charge on any atom is 0.287 e. The van der Waals surface area contributed by atoms with E-state index < -0.39 is 11.5 Å². The van der Waals surface area contributed by atoms with Gasteiger partial charge in [-0.15, -0.1) is 0 Å². The standard InChI is InChI=1S/C13H13N3O4/c17-11-9(3-1-5-14-11)12(18)15-6-7-16-13(19)10-4-2-8-20-10/h1-5,8H,6-7H2,(H,14,17)(H,15,18)(H,16,19). The van der Waals surface area contributed by atoms with Crippen LogP contribution in [-0.4, -0.2) is 29.9 Å². The van der Waals surface area contributed by atoms with Crippen molar-refractivity contribution in [3.05, 3.63) is 58.4 Å². The first-order chi connectivity index (χ1) is 9.68. The van der Waals surface area contributed by atoms with Crippen molar-refractivity contribution < 1.29 is 14.0 Å². The second-order valence-electron chi connectivity index (χ2n) is 3.90. The molecule has 3 N–H and O–H groups in total. The predicted octanol–water partition coefficient (Wildman–Crippen LogP) is 0.128. The van der Waals surface area contributed by atoms with Crippen LogP contribution >= 0.6 is 0 Å². The number of amides is 2. The van der Waals surface area contributed by atoms with Crippen molar-refractivity contribution in [2.24, 2.45) is 0 Å². The number of carbonyl (C=O) groups is 2. The zero-order valence-corrected chi connectivity index (χ0v) is 10.5. The van der Waals surface area contributed by atoms with E-state index in [0.717, 1.165) is 0 Å². The van der Waals surface area contributed by atoms with E-state index in [1.807, 2.05) is 0 Å². The molecule has 20 heavy (non-hydrogen) atoms. The summed E-state index contributed by atoms with van der Waals surface area (Å²) >= 11 is 0. The zero-order valence-electron chi connectivity index (χ0n) is 10.5. The average Bonchev–Trinajstić information content (AvgIpc) is 2.98. The van der Waals surface area contributed by atoms with Gasteiger partial charge in [0.1, 0.15) is 5.56 Å². The number of hydrogen-bond acceptors (Lipinski definition) is 4. The molecule has 0 saturated heterocycles. The number of pyridine rings is 1. The van der Waals surface area contributed by atoms with Crippen LogP contribution in [0.25, 0.3) is 0 Å². The highest BCUT2D eigenvalue weighted by Crippen LogP contribution is 1.98. The van der Waals surface area contributed by atoms with Gasteiger partial charge in [0.25, 0.3) is 17.4 Å². The van der Waals surface area contributed by atoms with Gasteiger partial charge in [-0.2, -0.15) is 0 Å². The minimum Gasteiger partial charge on any atom is -0.459 e. The lowest BCUT2D eigenvalue weighted by atomic mass is 10.2. The minimum absolute atomic E-state index is 0.0323. The molecule has 0 spiro atoms. The highest BCUT2D eigenvalue weighted by Gasteiger charge is 2.10. The first-order valence-corrected chi connectivity index (χ1v) is 5.96. The fourth-order valence-corrected chi connectivity index (χ4v) is 1.54. The molecule has 0 unspecified atom stereocenters. The molecule has 0 aliphatic carbocycles. The molecular weight excluding hydrogens is 262 g/mol. The average molecular weight is 275 g/mol. The quantitative estimate of drug-likeness (QED) is 0.674. The maximum atomic E-state index is 11.7. The smallest absolute Gasteiger partial charge is 0.287 e. The van der Waals surface area contributed by atoms with Crippen LogP contribution < -0.4 is 16.2 Å². The van der Waals surface area contributed by atoms with Gasteiger partial charge in [0.05, 0.1) is 6.26 Å². The van der Waals surface area contributed by atoms with Crippen LogP contribution in [-0.2, 0) is 0 Å². The Morgan fingerprint density at radius 3 is 2.50 bits per heavy atom. The Hall–Kier alpha value is -2.83. The minimum atomic E-state index is -0.487. The molecule has 0 aromatic carbocycles. The molecule has 0 fully saturated rings. The normalized spacial score (nSPS) is 10.0. The van der Waals surface area contributed by atoms with Crippen LogP contribution in [0.3, 0.4) is 0 Å². The van der Waals surface area contributed by atoms with Gasteiger partial charge in [0.2, 0.25) is 0 Å². The highest BCUT2D eigenvalue weighted by molar-refractivity contribution is 5.94. The number of nitrogens with one attached hydrogen (secondary N) is 3. The summed E-state index contributed by atoms with van der Waals surface area (Å²) in [7, 11) is 0. The van der Waals surface area contributed by atoms with Crippen molar-refractivity contribution in [3.8, 4) is 0 Å². The van der Waals surface area contributed by atoms with Crippen LogP contribution in [0.15, 0.2) is 45.9 Å². The molecule has 0 atom stereocenters. The maximum absolute atomic E-state index is 11.7. The first kappa shape index (κ1) is 13.6. The fraction of sp³-hybridized carbons (Fsp3) is 0.154. The number of H-pyrrole nitrogens is 1. The third kappa shape index (κ3) is 3.35. The van der Waals surface area contributed by atoms with E-state index >= 15 is 0 Å². The lowest BCUT2D eigenvalue weighted by Gasteiger charge is -2.05. The molecule has 7 heteroatoms. The van der Waals surface area contributed by atoms with Crippen molar-refractivity contribution in [2.45, 2.75) is 0 Å². The number of hydrogen-bond donors (Lipinski definition) is 3. The van der Waals surface area contributed by atoms with Gasteiger partial charge in [-0.05, 0) is 24.3 Å². The summed E-state index contributed by atoms with van der Waals surface area (Å²) in [5.74, 6) is -0.642. The van der Waals surface area contributed by atoms with Gasteiger partial charge in [-0.3, -0.25) is 14.4 Å². The van der Waals surface area contributed by atoms with Crippen LogP contribution in [0, 0.1) is 0 Å². The molecule has 0 aliphatic rings. The summed E-state index contributed by atoms with van der Waals surface area (Å²) in [6.07, 6.45) is 2.85. The Morgan fingerprint density at radius 1 is 1.10 bits per heavy atom. The number of rotatable bonds is 5. The number of carbonyl (C=O) groups excluding carboxylic acids is 2. The lowest BCUT2D eigenvalue weighted by molar-refractivity contribution is 0.0910. The van der Waals surface area contributed by atoms with Gasteiger partial charge in [0, 0.05) is 19.3 Å². The van der Waals surface area contributed by atoms with E-state index in [4.69, 9.17) is 4.42 Å². The first-order valence-electron chi connectivity index (χ1n) is 5.96. The Bertz CT molecular complexity index is 646. The van der Waals surface area contributed by atoms with Crippen LogP contribution in [0.4, 0.5) is 0 Å². The van der Waals surface area contributed by atoms with Crippen molar-refractivity contribution in [2.75, 3.05) is 13.1 Å². The van der Waals surface area contributed by atoms with Gasteiger partial charge in [-0.1, -0.05) is 0 Å². The van der Waals surface area contributed by atoms with Crippen LogP contribution in [0.1, 0.15) is 20.9 Å². The highest BCUT2D eigenvalue weighted by atomic mass is 16.3. The lowest BCUT2D eigenvalue weighted by Crippen LogP contribution is -2.36. The molecule has 104 valence electrons. The molecular formula is C13H13N3O4. The number of furan rings is 1. The Kier molecular flexibility index (Phi) is 4.33. The monoisotopic (exact) mass is 275 g/mol. The van der Waals surface area contributed by atoms with Crippen LogP contribution in [0.5, 0.6) is 0 Å². The molecule has 2 heterocycles. The van der Waals surface area contributed by atoms with E-state index in [0.29, 0.717) is 0 Å². The number of aromatic amines is 1. The molecule has 7 nitrogen and oxygen atoms in total. The summed E-state index contributed by atoms with van der Waals surface area (Å²) < 4.78 is 4.91. The van der Waals surface area contributed by atoms with E-state index in [-0.39, 0.29) is 30.3 Å². The second-order valence-corrected chi connectivity index (χ2v) is 3.90. The van der Waals surface area contributed by atoms with Crippen molar-refractivity contribution in [1.29, 1.82) is 0 Å². The zero-order chi connectivity index (χ0) is 14.4. The molecule has 0 radical (unpaired) electrons. The second kappa shape index (κ2) is 6.37. The van der Waals surface area contributed by atoms with Gasteiger partial charge in [-0.25, -0.2) is 0 Å². The summed E-state index contributed by atoms with van der Waals surface area (Å²) in [4.78, 5) is 36.9. The van der Waals surface area contributed by atoms with Gasteiger partial charge in [0.15, 0.2) is 5.76 Å². The molecule has 0 aliphatic heterocycles. The summed E-state index contributed by atoms with van der Waals surface area (Å²) in [6, 6.07) is 6.14. The van der Waals surface area contributed by atoms with E-state index in [2.05, 4.69) is 15.6 Å². The number of aromatic nitrogens is 1. The molecule has 0 saturated carbocycles. The Labute approximate surface area is 114 Å². The third-order valence-corrected chi connectivity index (χ3v) is 2.50. The largest absolute Gasteiger partial charge is 0.459 e. The topological polar surface area (TPSA) is 104 Å². The van der Waals surface area contributed by atoms with Crippen molar-refractivity contribution in [1.82, 2.24) is 15.6 Å². The van der Waals surface area contributed by atoms with E-state index in [1.54, 1.807) is 12.1 Å². The fourth-order valence-electron chi connectivity index (χ4n) is 1.54. The van der Waals surface area contributed by atoms with Crippen molar-refractivity contribution in [3.63, 3.8) is 0 Å². The Balaban J connectivity index is 1.77. The van der Waals surface area contributed by atoms with Crippen molar-refractivity contribution >= 4 is 11.8 Å². The molecule has 0 bridgehead atoms. The summed E-state index contributed by atoms with van der Waals surface area (Å²) in [5.41, 5.74) is -0.422. The van der Waals surface area contributed by atoms with Gasteiger partial charge >= 0.3 is 0 Å². The predicted molar refractivity (Wildman–Crippen MR) is 70.4 cm³/mol. The van der Waals surface area contributed by atoms with E-state index in [9.17, 15) is 14.4 Å². The third-order valence-electron chi connectivity index (χ3n) is 2.50. The SMILES string of the molecule is O=C(NCCNC(=O)c1ccc[nH]c1=O)c1ccco1. The van der Waals surface area contributed by atoms with E-state index in [1.165, 1.54) is 24.6 Å². The molecule has 2 aromatic rings.